The summed E-state index contributed by atoms with van der Waals surface area (Å²) in [6.45, 7) is 4.74. The van der Waals surface area contributed by atoms with Crippen molar-refractivity contribution in [1.82, 2.24) is 20.2 Å². The van der Waals surface area contributed by atoms with E-state index in [9.17, 15) is 4.79 Å². The fraction of sp³-hybridized carbons (Fsp3) is 0.211. The van der Waals surface area contributed by atoms with E-state index < -0.39 is 0 Å². The molecule has 3 rings (SSSR count). The molecule has 152 valence electrons. The Kier molecular flexibility index (Phi) is 7.29. The van der Waals surface area contributed by atoms with Crippen molar-refractivity contribution < 1.29 is 4.79 Å². The lowest BCUT2D eigenvalue weighted by molar-refractivity contribution is -0.118. The summed E-state index contributed by atoms with van der Waals surface area (Å²) in [5, 5.41) is 10.3. The molecule has 3 aromatic rings. The summed E-state index contributed by atoms with van der Waals surface area (Å²) >= 11 is 19.4. The van der Waals surface area contributed by atoms with Crippen LogP contribution in [0.5, 0.6) is 0 Å². The number of hydrogen-bond acceptors (Lipinski definition) is 5. The van der Waals surface area contributed by atoms with Gasteiger partial charge in [0.15, 0.2) is 11.0 Å². The summed E-state index contributed by atoms with van der Waals surface area (Å²) in [7, 11) is 0. The predicted molar refractivity (Wildman–Crippen MR) is 120 cm³/mol. The van der Waals surface area contributed by atoms with Crippen LogP contribution < -0.4 is 10.9 Å². The molecule has 0 saturated heterocycles. The number of nitrogens with one attached hydrogen (secondary N) is 2. The van der Waals surface area contributed by atoms with Crippen LogP contribution >= 0.6 is 46.6 Å². The lowest BCUT2D eigenvalue weighted by atomic mass is 10.1. The van der Waals surface area contributed by atoms with Crippen LogP contribution in [0.1, 0.15) is 12.5 Å². The summed E-state index contributed by atoms with van der Waals surface area (Å²) < 4.78 is 1.99. The standard InChI is InChI=1S/C19H18Cl3N5OS/c1-3-27-18(13-7-5-4-6-11(13)2)25-26-19(27)29-10-16(28)23-24-17-14(21)8-12(20)9-15(17)22/h4-9,24H,3,10H2,1-2H3,(H,23,28). The van der Waals surface area contributed by atoms with E-state index in [1.165, 1.54) is 23.9 Å². The number of halogens is 3. The highest BCUT2D eigenvalue weighted by Crippen LogP contribution is 2.33. The van der Waals surface area contributed by atoms with Crippen molar-refractivity contribution in [2.75, 3.05) is 11.2 Å². The number of carbonyl (C=O) groups is 1. The van der Waals surface area contributed by atoms with Gasteiger partial charge >= 0.3 is 0 Å². The molecule has 1 heterocycles. The normalized spacial score (nSPS) is 10.8. The van der Waals surface area contributed by atoms with Gasteiger partial charge in [0.1, 0.15) is 0 Å². The van der Waals surface area contributed by atoms with Gasteiger partial charge in [-0.15, -0.1) is 10.2 Å². The van der Waals surface area contributed by atoms with E-state index in [1.54, 1.807) is 0 Å². The first kappa shape index (κ1) is 21.8. The third-order valence-electron chi connectivity index (χ3n) is 4.09. The Balaban J connectivity index is 1.65. The van der Waals surface area contributed by atoms with Gasteiger partial charge in [-0.3, -0.25) is 15.6 Å². The average Bonchev–Trinajstić information content (AvgIpc) is 3.08. The SMILES string of the molecule is CCn1c(SCC(=O)NNc2c(Cl)cc(Cl)cc2Cl)nnc1-c1ccccc1C. The Morgan fingerprint density at radius 1 is 1.14 bits per heavy atom. The maximum absolute atomic E-state index is 12.2. The number of benzene rings is 2. The first-order valence-corrected chi connectivity index (χ1v) is 10.8. The molecule has 0 spiro atoms. The molecule has 1 amide bonds. The highest BCUT2D eigenvalue weighted by Gasteiger charge is 2.16. The van der Waals surface area contributed by atoms with Crippen LogP contribution in [0.25, 0.3) is 11.4 Å². The number of thioether (sulfide) groups is 1. The highest BCUT2D eigenvalue weighted by atomic mass is 35.5. The van der Waals surface area contributed by atoms with Gasteiger partial charge in [-0.05, 0) is 31.5 Å². The van der Waals surface area contributed by atoms with Gasteiger partial charge in [-0.1, -0.05) is 70.8 Å². The molecule has 1 aromatic heterocycles. The Labute approximate surface area is 187 Å². The maximum Gasteiger partial charge on any atom is 0.248 e. The molecular formula is C19H18Cl3N5OS. The Bertz CT molecular complexity index is 1020. The number of amides is 1. The van der Waals surface area contributed by atoms with E-state index in [2.05, 4.69) is 21.0 Å². The number of hydrazine groups is 1. The van der Waals surface area contributed by atoms with Crippen molar-refractivity contribution in [1.29, 1.82) is 0 Å². The highest BCUT2D eigenvalue weighted by molar-refractivity contribution is 7.99. The summed E-state index contributed by atoms with van der Waals surface area (Å²) in [5.74, 6) is 0.661. The minimum atomic E-state index is -0.264. The van der Waals surface area contributed by atoms with Crippen LogP contribution in [-0.4, -0.2) is 26.4 Å². The Morgan fingerprint density at radius 3 is 2.48 bits per heavy atom. The van der Waals surface area contributed by atoms with Crippen LogP contribution in [0.4, 0.5) is 5.69 Å². The average molecular weight is 471 g/mol. The topological polar surface area (TPSA) is 71.8 Å². The molecule has 0 radical (unpaired) electrons. The van der Waals surface area contributed by atoms with Crippen LogP contribution in [0.2, 0.25) is 15.1 Å². The van der Waals surface area contributed by atoms with E-state index in [0.717, 1.165) is 17.0 Å². The van der Waals surface area contributed by atoms with Gasteiger partial charge in [-0.25, -0.2) is 0 Å². The molecular weight excluding hydrogens is 453 g/mol. The maximum atomic E-state index is 12.2. The zero-order valence-electron chi connectivity index (χ0n) is 15.7. The summed E-state index contributed by atoms with van der Waals surface area (Å²) in [4.78, 5) is 12.2. The van der Waals surface area contributed by atoms with E-state index in [-0.39, 0.29) is 11.7 Å². The molecule has 10 heteroatoms. The minimum absolute atomic E-state index is 0.141. The fourth-order valence-corrected chi connectivity index (χ4v) is 4.38. The molecule has 0 atom stereocenters. The third kappa shape index (κ3) is 5.17. The number of hydrogen-bond donors (Lipinski definition) is 2. The minimum Gasteiger partial charge on any atom is -0.302 e. The lowest BCUT2D eigenvalue weighted by Crippen LogP contribution is -2.31. The van der Waals surface area contributed by atoms with Gasteiger partial charge in [0.05, 0.1) is 21.5 Å². The van der Waals surface area contributed by atoms with E-state index in [0.29, 0.717) is 32.5 Å². The van der Waals surface area contributed by atoms with E-state index in [4.69, 9.17) is 34.8 Å². The van der Waals surface area contributed by atoms with Crippen molar-refractivity contribution in [2.45, 2.75) is 25.5 Å². The van der Waals surface area contributed by atoms with Crippen LogP contribution in [0.15, 0.2) is 41.6 Å². The monoisotopic (exact) mass is 469 g/mol. The quantitative estimate of drug-likeness (QED) is 0.354. The van der Waals surface area contributed by atoms with E-state index in [1.807, 2.05) is 42.7 Å². The second-order valence-electron chi connectivity index (χ2n) is 6.07. The molecule has 29 heavy (non-hydrogen) atoms. The first-order valence-electron chi connectivity index (χ1n) is 8.72. The molecule has 0 aliphatic rings. The van der Waals surface area contributed by atoms with E-state index >= 15 is 0 Å². The van der Waals surface area contributed by atoms with Gasteiger partial charge in [0, 0.05) is 17.1 Å². The molecule has 2 aromatic carbocycles. The summed E-state index contributed by atoms with van der Waals surface area (Å²) in [6.07, 6.45) is 0. The van der Waals surface area contributed by atoms with Crippen LogP contribution in [-0.2, 0) is 11.3 Å². The zero-order chi connectivity index (χ0) is 21.0. The second-order valence-corrected chi connectivity index (χ2v) is 8.26. The van der Waals surface area contributed by atoms with Crippen LogP contribution in [0.3, 0.4) is 0 Å². The third-order valence-corrected chi connectivity index (χ3v) is 5.87. The van der Waals surface area contributed by atoms with Gasteiger partial charge in [0.2, 0.25) is 5.91 Å². The van der Waals surface area contributed by atoms with Gasteiger partial charge < -0.3 is 4.57 Å². The smallest absolute Gasteiger partial charge is 0.248 e. The molecule has 2 N–H and O–H groups in total. The Morgan fingerprint density at radius 2 is 1.83 bits per heavy atom. The number of aromatic nitrogens is 3. The largest absolute Gasteiger partial charge is 0.302 e. The molecule has 0 fully saturated rings. The summed E-state index contributed by atoms with van der Waals surface area (Å²) in [5.41, 5.74) is 7.83. The van der Waals surface area contributed by atoms with Gasteiger partial charge in [0.25, 0.3) is 0 Å². The second kappa shape index (κ2) is 9.71. The molecule has 0 saturated carbocycles. The van der Waals surface area contributed by atoms with Crippen LogP contribution in [0, 0.1) is 6.92 Å². The molecule has 0 unspecified atom stereocenters. The van der Waals surface area contributed by atoms with Crippen molar-refractivity contribution in [2.24, 2.45) is 0 Å². The summed E-state index contributed by atoms with van der Waals surface area (Å²) in [6, 6.07) is 11.1. The van der Waals surface area contributed by atoms with Crippen molar-refractivity contribution in [3.05, 3.63) is 57.0 Å². The van der Waals surface area contributed by atoms with Crippen molar-refractivity contribution in [3.8, 4) is 11.4 Å². The lowest BCUT2D eigenvalue weighted by Gasteiger charge is -2.12. The number of carbonyl (C=O) groups excluding carboxylic acids is 1. The number of nitrogens with zero attached hydrogens (tertiary/aromatic N) is 3. The number of aryl methyl sites for hydroxylation is 1. The van der Waals surface area contributed by atoms with Crippen molar-refractivity contribution in [3.63, 3.8) is 0 Å². The molecule has 6 nitrogen and oxygen atoms in total. The molecule has 0 aliphatic heterocycles. The predicted octanol–water partition coefficient (Wildman–Crippen LogP) is 5.47. The van der Waals surface area contributed by atoms with Crippen molar-refractivity contribution >= 4 is 58.2 Å². The first-order chi connectivity index (χ1) is 13.9. The van der Waals surface area contributed by atoms with Gasteiger partial charge in [-0.2, -0.15) is 0 Å². The molecule has 0 bridgehead atoms. The fourth-order valence-electron chi connectivity index (χ4n) is 2.66. The molecule has 0 aliphatic carbocycles. The Hall–Kier alpha value is -1.93. The number of rotatable bonds is 7. The number of anilines is 1. The zero-order valence-corrected chi connectivity index (χ0v) is 18.8.